The average Bonchev–Trinajstić information content (AvgIpc) is 3.14. The summed E-state index contributed by atoms with van der Waals surface area (Å²) in [7, 11) is 0. The Labute approximate surface area is 164 Å². The quantitative estimate of drug-likeness (QED) is 0.598. The van der Waals surface area contributed by atoms with Gasteiger partial charge in [-0.05, 0) is 29.9 Å². The molecule has 0 amide bonds. The van der Waals surface area contributed by atoms with E-state index < -0.39 is 0 Å². The molecular weight excluding hydrogens is 346 g/mol. The molecule has 1 N–H and O–H groups in total. The number of nitrogens with one attached hydrogen (secondary N) is 1. The molecule has 0 aliphatic heterocycles. The Hall–Kier alpha value is -3.01. The number of aromatic amines is 1. The van der Waals surface area contributed by atoms with Crippen LogP contribution in [0.5, 0.6) is 0 Å². The van der Waals surface area contributed by atoms with Gasteiger partial charge in [-0.15, -0.1) is 0 Å². The van der Waals surface area contributed by atoms with E-state index in [1.807, 2.05) is 12.1 Å². The summed E-state index contributed by atoms with van der Waals surface area (Å²) in [6.45, 7) is 0. The van der Waals surface area contributed by atoms with Gasteiger partial charge in [0.15, 0.2) is 0 Å². The number of H-pyrrole nitrogens is 1. The molecule has 0 radical (unpaired) electrons. The molecule has 1 fully saturated rings. The number of fused-ring (bicyclic) bond motifs is 1. The molecule has 140 valence electrons. The molecule has 2 aliphatic carbocycles. The maximum absolute atomic E-state index is 11.6. The third-order valence-corrected chi connectivity index (χ3v) is 6.47. The highest BCUT2D eigenvalue weighted by Crippen LogP contribution is 2.45. The molecule has 1 atom stereocenters. The highest BCUT2D eigenvalue weighted by molar-refractivity contribution is 5.65. The van der Waals surface area contributed by atoms with E-state index in [-0.39, 0.29) is 11.5 Å². The zero-order chi connectivity index (χ0) is 19.0. The summed E-state index contributed by atoms with van der Waals surface area (Å²) in [6.07, 6.45) is 8.54. The first-order chi connectivity index (χ1) is 13.8. The van der Waals surface area contributed by atoms with E-state index in [2.05, 4.69) is 76.1 Å². The number of aromatic nitrogens is 2. The molecule has 0 spiro atoms. The van der Waals surface area contributed by atoms with Crippen molar-refractivity contribution < 1.29 is 0 Å². The van der Waals surface area contributed by atoms with Crippen LogP contribution in [-0.2, 0) is 11.8 Å². The Morgan fingerprint density at radius 1 is 1.00 bits per heavy atom. The normalized spacial score (nSPS) is 18.9. The molecule has 4 nitrogen and oxygen atoms in total. The smallest absolute Gasteiger partial charge is 0.139 e. The Balaban J connectivity index is 1.60. The monoisotopic (exact) mass is 369 g/mol. The standard InChI is InChI=1S/C24H23N3O/c28-27-22(17-8-7-9-17)23-20-14-15-24(16-21(20)25-26-23,18-10-3-1-4-11-18)19-12-5-2-6-13-19/h1-6,10-15,17,22H,7-9,16H2,(H,25,26). The van der Waals surface area contributed by atoms with Crippen molar-refractivity contribution in [1.29, 1.82) is 0 Å². The van der Waals surface area contributed by atoms with E-state index >= 15 is 0 Å². The van der Waals surface area contributed by atoms with Crippen LogP contribution in [0.3, 0.4) is 0 Å². The summed E-state index contributed by atoms with van der Waals surface area (Å²) in [5.41, 5.74) is 5.21. The number of rotatable bonds is 5. The molecular formula is C24H23N3O. The van der Waals surface area contributed by atoms with Crippen LogP contribution in [0.2, 0.25) is 0 Å². The molecule has 1 aromatic heterocycles. The Kier molecular flexibility index (Phi) is 4.19. The molecule has 5 rings (SSSR count). The number of hydrogen-bond acceptors (Lipinski definition) is 3. The lowest BCUT2D eigenvalue weighted by molar-refractivity contribution is 0.261. The Bertz CT molecular complexity index is 963. The van der Waals surface area contributed by atoms with E-state index in [1.54, 1.807) is 0 Å². The maximum atomic E-state index is 11.6. The van der Waals surface area contributed by atoms with Crippen molar-refractivity contribution >= 4 is 6.08 Å². The van der Waals surface area contributed by atoms with Crippen molar-refractivity contribution in [2.75, 3.05) is 0 Å². The number of hydrogen-bond donors (Lipinski definition) is 1. The number of nitroso groups, excluding NO2 is 1. The predicted molar refractivity (Wildman–Crippen MR) is 111 cm³/mol. The van der Waals surface area contributed by atoms with Crippen LogP contribution >= 0.6 is 0 Å². The lowest BCUT2D eigenvalue weighted by atomic mass is 9.68. The van der Waals surface area contributed by atoms with Crippen LogP contribution in [0.25, 0.3) is 6.08 Å². The highest BCUT2D eigenvalue weighted by Gasteiger charge is 2.39. The first-order valence-corrected chi connectivity index (χ1v) is 10.0. The van der Waals surface area contributed by atoms with Crippen LogP contribution < -0.4 is 0 Å². The number of nitrogens with zero attached hydrogens (tertiary/aromatic N) is 2. The van der Waals surface area contributed by atoms with Gasteiger partial charge in [-0.2, -0.15) is 10.0 Å². The molecule has 1 unspecified atom stereocenters. The second kappa shape index (κ2) is 6.86. The van der Waals surface area contributed by atoms with Crippen molar-refractivity contribution in [3.8, 4) is 0 Å². The summed E-state index contributed by atoms with van der Waals surface area (Å²) >= 11 is 0. The third kappa shape index (κ3) is 2.63. The van der Waals surface area contributed by atoms with E-state index in [1.165, 1.54) is 17.5 Å². The first-order valence-electron chi connectivity index (χ1n) is 10.0. The third-order valence-electron chi connectivity index (χ3n) is 6.47. The van der Waals surface area contributed by atoms with Crippen LogP contribution in [-0.4, -0.2) is 10.2 Å². The minimum absolute atomic E-state index is 0.250. The fourth-order valence-electron chi connectivity index (χ4n) is 4.66. The van der Waals surface area contributed by atoms with Crippen molar-refractivity contribution in [3.05, 3.63) is 99.7 Å². The minimum atomic E-state index is -0.334. The van der Waals surface area contributed by atoms with Crippen molar-refractivity contribution in [1.82, 2.24) is 10.2 Å². The zero-order valence-corrected chi connectivity index (χ0v) is 15.7. The van der Waals surface area contributed by atoms with Crippen LogP contribution in [0.4, 0.5) is 0 Å². The van der Waals surface area contributed by atoms with Gasteiger partial charge in [-0.1, -0.05) is 84.4 Å². The van der Waals surface area contributed by atoms with Gasteiger partial charge in [0.25, 0.3) is 0 Å². The van der Waals surface area contributed by atoms with Gasteiger partial charge in [0.05, 0.1) is 5.69 Å². The van der Waals surface area contributed by atoms with Crippen molar-refractivity contribution in [2.45, 2.75) is 37.1 Å². The summed E-state index contributed by atoms with van der Waals surface area (Å²) in [5.74, 6) is 0.341. The summed E-state index contributed by atoms with van der Waals surface area (Å²) in [4.78, 5) is 11.6. The van der Waals surface area contributed by atoms with E-state index in [0.717, 1.165) is 36.2 Å². The minimum Gasteiger partial charge on any atom is -0.282 e. The van der Waals surface area contributed by atoms with E-state index in [4.69, 9.17) is 0 Å². The van der Waals surface area contributed by atoms with Crippen LogP contribution in [0, 0.1) is 10.8 Å². The van der Waals surface area contributed by atoms with Crippen molar-refractivity contribution in [3.63, 3.8) is 0 Å². The predicted octanol–water partition coefficient (Wildman–Crippen LogP) is 5.57. The second-order valence-electron chi connectivity index (χ2n) is 7.96. The van der Waals surface area contributed by atoms with Gasteiger partial charge < -0.3 is 0 Å². The first kappa shape index (κ1) is 17.1. The lowest BCUT2D eigenvalue weighted by Gasteiger charge is -2.35. The van der Waals surface area contributed by atoms with Crippen molar-refractivity contribution in [2.24, 2.45) is 11.1 Å². The molecule has 2 aliphatic rings. The maximum Gasteiger partial charge on any atom is 0.139 e. The largest absolute Gasteiger partial charge is 0.282 e. The van der Waals surface area contributed by atoms with Crippen LogP contribution in [0.1, 0.15) is 53.4 Å². The summed E-state index contributed by atoms with van der Waals surface area (Å²) in [6, 6.07) is 20.9. The molecule has 4 heteroatoms. The average molecular weight is 369 g/mol. The van der Waals surface area contributed by atoms with Crippen LogP contribution in [0.15, 0.2) is 71.9 Å². The molecule has 3 aromatic rings. The second-order valence-corrected chi connectivity index (χ2v) is 7.96. The molecule has 0 saturated heterocycles. The fraction of sp³-hybridized carbons (Fsp3) is 0.292. The molecule has 2 aromatic carbocycles. The van der Waals surface area contributed by atoms with Gasteiger partial charge in [-0.3, -0.25) is 5.10 Å². The lowest BCUT2D eigenvalue weighted by Crippen LogP contribution is -2.30. The summed E-state index contributed by atoms with van der Waals surface area (Å²) < 4.78 is 0. The van der Waals surface area contributed by atoms with Gasteiger partial charge >= 0.3 is 0 Å². The molecule has 0 bridgehead atoms. The van der Waals surface area contributed by atoms with Gasteiger partial charge in [0.1, 0.15) is 6.04 Å². The Morgan fingerprint density at radius 3 is 2.18 bits per heavy atom. The van der Waals surface area contributed by atoms with Gasteiger partial charge in [0, 0.05) is 23.1 Å². The SMILES string of the molecule is O=NC(c1n[nH]c2c1C=CC(c1ccccc1)(c1ccccc1)C2)C1CCC1. The van der Waals surface area contributed by atoms with E-state index in [9.17, 15) is 4.91 Å². The fourth-order valence-corrected chi connectivity index (χ4v) is 4.66. The Morgan fingerprint density at radius 2 is 1.64 bits per heavy atom. The summed E-state index contributed by atoms with van der Waals surface area (Å²) in [5, 5.41) is 11.2. The molecule has 1 saturated carbocycles. The zero-order valence-electron chi connectivity index (χ0n) is 15.7. The van der Waals surface area contributed by atoms with E-state index in [0.29, 0.717) is 5.92 Å². The van der Waals surface area contributed by atoms with Gasteiger partial charge in [-0.25, -0.2) is 0 Å². The molecule has 1 heterocycles. The number of allylic oxidation sites excluding steroid dienone is 1. The molecule has 28 heavy (non-hydrogen) atoms. The number of benzene rings is 2. The highest BCUT2D eigenvalue weighted by atomic mass is 16.3. The topological polar surface area (TPSA) is 58.1 Å². The van der Waals surface area contributed by atoms with Gasteiger partial charge in [0.2, 0.25) is 0 Å².